The number of aromatic nitrogens is 1. The molecule has 4 heteroatoms. The number of nitrogens with zero attached hydrogens (tertiary/aromatic N) is 2. The first kappa shape index (κ1) is 16.9. The first-order valence-electron chi connectivity index (χ1n) is 7.83. The van der Waals surface area contributed by atoms with E-state index in [2.05, 4.69) is 10.6 Å². The number of hydrogen-bond acceptors (Lipinski definition) is 2. The van der Waals surface area contributed by atoms with Crippen molar-refractivity contribution >= 4 is 23.3 Å². The summed E-state index contributed by atoms with van der Waals surface area (Å²) in [5.41, 5.74) is 4.47. The molecular formula is C21H17ClN2O. The molecule has 1 aromatic heterocycles. The van der Waals surface area contributed by atoms with Crippen molar-refractivity contribution in [3.05, 3.63) is 82.6 Å². The Balaban J connectivity index is 2.05. The maximum atomic E-state index is 9.57. The van der Waals surface area contributed by atoms with Crippen molar-refractivity contribution in [2.75, 3.05) is 7.11 Å². The quantitative estimate of drug-likeness (QED) is 0.583. The van der Waals surface area contributed by atoms with Crippen molar-refractivity contribution < 1.29 is 4.74 Å². The van der Waals surface area contributed by atoms with Gasteiger partial charge in [0.2, 0.25) is 0 Å². The van der Waals surface area contributed by atoms with Gasteiger partial charge in [0.1, 0.15) is 5.75 Å². The Morgan fingerprint density at radius 3 is 2.32 bits per heavy atom. The van der Waals surface area contributed by atoms with Gasteiger partial charge in [-0.05, 0) is 67.1 Å². The molecule has 3 nitrogen and oxygen atoms in total. The predicted octanol–water partition coefficient (Wildman–Crippen LogP) is 5.51. The molecule has 0 aliphatic heterocycles. The maximum Gasteiger partial charge on any atom is 0.119 e. The number of benzene rings is 2. The average Bonchev–Trinajstić information content (AvgIpc) is 3.01. The molecule has 0 saturated heterocycles. The summed E-state index contributed by atoms with van der Waals surface area (Å²) in [7, 11) is 1.65. The Kier molecular flexibility index (Phi) is 4.92. The molecule has 0 aliphatic rings. The van der Waals surface area contributed by atoms with Crippen LogP contribution in [-0.2, 0) is 0 Å². The van der Waals surface area contributed by atoms with E-state index < -0.39 is 0 Å². The molecule has 0 fully saturated rings. The third-order valence-corrected chi connectivity index (χ3v) is 4.26. The van der Waals surface area contributed by atoms with Crippen molar-refractivity contribution in [3.63, 3.8) is 0 Å². The maximum absolute atomic E-state index is 9.57. The minimum absolute atomic E-state index is 0.588. The summed E-state index contributed by atoms with van der Waals surface area (Å²) in [5.74, 6) is 0.810. The van der Waals surface area contributed by atoms with Gasteiger partial charge in [0.25, 0.3) is 0 Å². The molecule has 25 heavy (non-hydrogen) atoms. The van der Waals surface area contributed by atoms with Gasteiger partial charge in [-0.25, -0.2) is 0 Å². The van der Waals surface area contributed by atoms with E-state index in [9.17, 15) is 5.26 Å². The van der Waals surface area contributed by atoms with Gasteiger partial charge in [0.05, 0.1) is 18.8 Å². The molecule has 3 rings (SSSR count). The molecule has 0 saturated carbocycles. The first-order valence-corrected chi connectivity index (χ1v) is 8.20. The van der Waals surface area contributed by atoms with Crippen molar-refractivity contribution in [3.8, 4) is 17.5 Å². The highest BCUT2D eigenvalue weighted by Crippen LogP contribution is 2.24. The summed E-state index contributed by atoms with van der Waals surface area (Å²) in [6.45, 7) is 2.04. The highest BCUT2D eigenvalue weighted by molar-refractivity contribution is 6.30. The van der Waals surface area contributed by atoms with Crippen molar-refractivity contribution in [2.45, 2.75) is 6.92 Å². The number of methoxy groups -OCH3 is 1. The zero-order chi connectivity index (χ0) is 17.8. The van der Waals surface area contributed by atoms with Crippen LogP contribution < -0.4 is 4.74 Å². The standard InChI is InChI=1S/C21H17ClN2O/c1-15-3-8-20(24(15)19-9-11-21(25-2)12-10-19)13-17(14-23)16-4-6-18(22)7-5-16/h3-13H,1-2H3/b17-13-. The van der Waals surface area contributed by atoms with Gasteiger partial charge < -0.3 is 9.30 Å². The van der Waals surface area contributed by atoms with E-state index in [-0.39, 0.29) is 0 Å². The Bertz CT molecular complexity index is 945. The number of nitriles is 1. The molecular weight excluding hydrogens is 332 g/mol. The SMILES string of the molecule is COc1ccc(-n2c(C)ccc2/C=C(/C#N)c2ccc(Cl)cc2)cc1. The van der Waals surface area contributed by atoms with Crippen LogP contribution in [0.3, 0.4) is 0 Å². The topological polar surface area (TPSA) is 38.0 Å². The van der Waals surface area contributed by atoms with Crippen LogP contribution in [0.5, 0.6) is 5.75 Å². The van der Waals surface area contributed by atoms with Gasteiger partial charge in [-0.1, -0.05) is 23.7 Å². The molecule has 0 amide bonds. The molecule has 2 aromatic carbocycles. The molecule has 0 radical (unpaired) electrons. The summed E-state index contributed by atoms with van der Waals surface area (Å²) in [6.07, 6.45) is 1.89. The van der Waals surface area contributed by atoms with Crippen LogP contribution in [0.15, 0.2) is 60.7 Å². The molecule has 0 unspecified atom stereocenters. The molecule has 124 valence electrons. The zero-order valence-corrected chi connectivity index (χ0v) is 14.8. The summed E-state index contributed by atoms with van der Waals surface area (Å²) in [4.78, 5) is 0. The van der Waals surface area contributed by atoms with Gasteiger partial charge in [0.15, 0.2) is 0 Å². The second-order valence-electron chi connectivity index (χ2n) is 5.61. The van der Waals surface area contributed by atoms with Gasteiger partial charge >= 0.3 is 0 Å². The van der Waals surface area contributed by atoms with Crippen LogP contribution in [0, 0.1) is 18.3 Å². The molecule has 1 heterocycles. The third-order valence-electron chi connectivity index (χ3n) is 4.00. The Morgan fingerprint density at radius 2 is 1.72 bits per heavy atom. The van der Waals surface area contributed by atoms with Crippen LogP contribution in [-0.4, -0.2) is 11.7 Å². The smallest absolute Gasteiger partial charge is 0.119 e. The monoisotopic (exact) mass is 348 g/mol. The summed E-state index contributed by atoms with van der Waals surface area (Å²) < 4.78 is 7.33. The van der Waals surface area contributed by atoms with Crippen LogP contribution in [0.25, 0.3) is 17.3 Å². The molecule has 0 aliphatic carbocycles. The van der Waals surface area contributed by atoms with Crippen LogP contribution >= 0.6 is 11.6 Å². The Morgan fingerprint density at radius 1 is 1.04 bits per heavy atom. The highest BCUT2D eigenvalue weighted by atomic mass is 35.5. The fourth-order valence-corrected chi connectivity index (χ4v) is 2.84. The fourth-order valence-electron chi connectivity index (χ4n) is 2.71. The summed E-state index contributed by atoms with van der Waals surface area (Å²) in [6, 6.07) is 21.4. The van der Waals surface area contributed by atoms with Crippen molar-refractivity contribution in [1.82, 2.24) is 4.57 Å². The summed E-state index contributed by atoms with van der Waals surface area (Å²) >= 11 is 5.94. The van der Waals surface area contributed by atoms with E-state index in [1.54, 1.807) is 19.2 Å². The van der Waals surface area contributed by atoms with E-state index >= 15 is 0 Å². The Labute approximate surface area is 152 Å². The minimum atomic E-state index is 0.588. The molecule has 3 aromatic rings. The van der Waals surface area contributed by atoms with E-state index in [0.29, 0.717) is 10.6 Å². The number of allylic oxidation sites excluding steroid dienone is 1. The van der Waals surface area contributed by atoms with E-state index in [1.807, 2.05) is 61.5 Å². The predicted molar refractivity (Wildman–Crippen MR) is 102 cm³/mol. The van der Waals surface area contributed by atoms with Crippen LogP contribution in [0.2, 0.25) is 5.02 Å². The third kappa shape index (κ3) is 3.60. The van der Waals surface area contributed by atoms with Crippen molar-refractivity contribution in [1.29, 1.82) is 5.26 Å². The number of rotatable bonds is 4. The van der Waals surface area contributed by atoms with Crippen LogP contribution in [0.1, 0.15) is 17.0 Å². The number of hydrogen-bond donors (Lipinski definition) is 0. The first-order chi connectivity index (χ1) is 12.1. The van der Waals surface area contributed by atoms with Gasteiger partial charge in [-0.2, -0.15) is 5.26 Å². The number of aryl methyl sites for hydroxylation is 1. The lowest BCUT2D eigenvalue weighted by Crippen LogP contribution is -1.99. The fraction of sp³-hybridized carbons (Fsp3) is 0.0952. The van der Waals surface area contributed by atoms with E-state index in [4.69, 9.17) is 16.3 Å². The average molecular weight is 349 g/mol. The van der Waals surface area contributed by atoms with Gasteiger partial charge in [-0.3, -0.25) is 0 Å². The lowest BCUT2D eigenvalue weighted by atomic mass is 10.1. The number of ether oxygens (including phenoxy) is 1. The molecule has 0 bridgehead atoms. The van der Waals surface area contributed by atoms with E-state index in [1.165, 1.54) is 0 Å². The van der Waals surface area contributed by atoms with Gasteiger partial charge in [0, 0.05) is 22.1 Å². The van der Waals surface area contributed by atoms with Gasteiger partial charge in [-0.15, -0.1) is 0 Å². The van der Waals surface area contributed by atoms with Crippen molar-refractivity contribution in [2.24, 2.45) is 0 Å². The minimum Gasteiger partial charge on any atom is -0.497 e. The lowest BCUT2D eigenvalue weighted by molar-refractivity contribution is 0.414. The highest BCUT2D eigenvalue weighted by Gasteiger charge is 2.08. The molecule has 0 atom stereocenters. The Hall–Kier alpha value is -2.96. The van der Waals surface area contributed by atoms with E-state index in [0.717, 1.165) is 28.4 Å². The second kappa shape index (κ2) is 7.29. The summed E-state index contributed by atoms with van der Waals surface area (Å²) in [5, 5.41) is 10.2. The normalized spacial score (nSPS) is 11.2. The lowest BCUT2D eigenvalue weighted by Gasteiger charge is -2.11. The largest absolute Gasteiger partial charge is 0.497 e. The molecule has 0 spiro atoms. The zero-order valence-electron chi connectivity index (χ0n) is 14.0. The second-order valence-corrected chi connectivity index (χ2v) is 6.05. The molecule has 0 N–H and O–H groups in total. The number of halogens is 1. The van der Waals surface area contributed by atoms with Crippen LogP contribution in [0.4, 0.5) is 0 Å².